The van der Waals surface area contributed by atoms with Crippen LogP contribution in [0.4, 0.5) is 11.4 Å². The SMILES string of the molecule is O=C1CCCC[C@@H]1[C@@H](Nc1ccc(Cl)cc1)c1cccc([N+](=O)[O-])c1. The van der Waals surface area contributed by atoms with Crippen LogP contribution in [0, 0.1) is 16.0 Å². The van der Waals surface area contributed by atoms with Gasteiger partial charge in [-0.3, -0.25) is 14.9 Å². The number of nitrogens with one attached hydrogen (secondary N) is 1. The van der Waals surface area contributed by atoms with Crippen LogP contribution < -0.4 is 5.32 Å². The lowest BCUT2D eigenvalue weighted by atomic mass is 9.80. The minimum atomic E-state index is -0.411. The Morgan fingerprint density at radius 1 is 1.16 bits per heavy atom. The summed E-state index contributed by atoms with van der Waals surface area (Å²) in [5.74, 6) is 0.0238. The molecule has 1 aliphatic rings. The molecule has 0 bridgehead atoms. The number of benzene rings is 2. The Hall–Kier alpha value is -2.40. The third-order valence-corrected chi connectivity index (χ3v) is 4.86. The number of hydrogen-bond donors (Lipinski definition) is 1. The summed E-state index contributed by atoms with van der Waals surface area (Å²) in [4.78, 5) is 23.2. The first-order chi connectivity index (χ1) is 12.0. The molecule has 1 N–H and O–H groups in total. The van der Waals surface area contributed by atoms with Gasteiger partial charge in [-0.25, -0.2) is 0 Å². The van der Waals surface area contributed by atoms with Crippen molar-refractivity contribution < 1.29 is 9.72 Å². The van der Waals surface area contributed by atoms with Crippen LogP contribution in [0.2, 0.25) is 5.02 Å². The van der Waals surface area contributed by atoms with Crippen molar-refractivity contribution in [2.45, 2.75) is 31.7 Å². The summed E-state index contributed by atoms with van der Waals surface area (Å²) in [5.41, 5.74) is 1.62. The van der Waals surface area contributed by atoms with Gasteiger partial charge in [0.1, 0.15) is 5.78 Å². The van der Waals surface area contributed by atoms with Crippen LogP contribution in [-0.4, -0.2) is 10.7 Å². The van der Waals surface area contributed by atoms with E-state index in [0.29, 0.717) is 11.4 Å². The predicted octanol–water partition coefficient (Wildman–Crippen LogP) is 5.16. The molecule has 0 aliphatic heterocycles. The van der Waals surface area contributed by atoms with E-state index in [9.17, 15) is 14.9 Å². The quantitative estimate of drug-likeness (QED) is 0.591. The third kappa shape index (κ3) is 4.17. The number of rotatable bonds is 5. The lowest BCUT2D eigenvalue weighted by molar-refractivity contribution is -0.384. The van der Waals surface area contributed by atoms with Crippen molar-refractivity contribution in [3.05, 3.63) is 69.2 Å². The summed E-state index contributed by atoms with van der Waals surface area (Å²) in [6, 6.07) is 13.5. The van der Waals surface area contributed by atoms with Crippen molar-refractivity contribution in [1.29, 1.82) is 0 Å². The Morgan fingerprint density at radius 2 is 1.92 bits per heavy atom. The van der Waals surface area contributed by atoms with Gasteiger partial charge in [0.15, 0.2) is 0 Å². The van der Waals surface area contributed by atoms with E-state index in [4.69, 9.17) is 11.6 Å². The van der Waals surface area contributed by atoms with E-state index in [1.807, 2.05) is 18.2 Å². The number of carbonyl (C=O) groups is 1. The Morgan fingerprint density at radius 3 is 2.60 bits per heavy atom. The molecule has 2 aromatic carbocycles. The van der Waals surface area contributed by atoms with Crippen LogP contribution in [0.3, 0.4) is 0 Å². The second-order valence-electron chi connectivity index (χ2n) is 6.30. The van der Waals surface area contributed by atoms with Gasteiger partial charge in [0.05, 0.1) is 11.0 Å². The number of halogens is 1. The van der Waals surface area contributed by atoms with Gasteiger partial charge < -0.3 is 5.32 Å². The molecule has 0 aromatic heterocycles. The van der Waals surface area contributed by atoms with Crippen LogP contribution in [0.15, 0.2) is 48.5 Å². The van der Waals surface area contributed by atoms with Crippen molar-refractivity contribution in [1.82, 2.24) is 0 Å². The molecule has 1 fully saturated rings. The van der Waals surface area contributed by atoms with E-state index in [0.717, 1.165) is 30.5 Å². The molecule has 0 amide bonds. The van der Waals surface area contributed by atoms with Gasteiger partial charge in [-0.1, -0.05) is 30.2 Å². The van der Waals surface area contributed by atoms with Gasteiger partial charge in [-0.2, -0.15) is 0 Å². The fourth-order valence-electron chi connectivity index (χ4n) is 3.34. The number of hydrogen-bond acceptors (Lipinski definition) is 4. The highest BCUT2D eigenvalue weighted by Crippen LogP contribution is 2.36. The summed E-state index contributed by atoms with van der Waals surface area (Å²) in [6.07, 6.45) is 3.26. The number of ketones is 1. The molecule has 3 rings (SSSR count). The van der Waals surface area contributed by atoms with Crippen LogP contribution >= 0.6 is 11.6 Å². The lowest BCUT2D eigenvalue weighted by Gasteiger charge is -2.31. The van der Waals surface area contributed by atoms with Gasteiger partial charge in [0, 0.05) is 35.2 Å². The van der Waals surface area contributed by atoms with E-state index in [2.05, 4.69) is 5.32 Å². The fraction of sp³-hybridized carbons (Fsp3) is 0.316. The summed E-state index contributed by atoms with van der Waals surface area (Å²) >= 11 is 5.94. The van der Waals surface area contributed by atoms with Gasteiger partial charge in [0.2, 0.25) is 0 Å². The van der Waals surface area contributed by atoms with Gasteiger partial charge in [0.25, 0.3) is 5.69 Å². The Balaban J connectivity index is 1.96. The van der Waals surface area contributed by atoms with E-state index < -0.39 is 4.92 Å². The molecule has 1 saturated carbocycles. The number of non-ortho nitro benzene ring substituents is 1. The van der Waals surface area contributed by atoms with Crippen LogP contribution in [0.1, 0.15) is 37.3 Å². The van der Waals surface area contributed by atoms with Crippen LogP contribution in [0.25, 0.3) is 0 Å². The summed E-state index contributed by atoms with van der Waals surface area (Å²) in [5, 5.41) is 15.1. The maximum atomic E-state index is 12.5. The smallest absolute Gasteiger partial charge is 0.269 e. The van der Waals surface area contributed by atoms with Crippen molar-refractivity contribution in [3.8, 4) is 0 Å². The van der Waals surface area contributed by atoms with Gasteiger partial charge in [-0.05, 0) is 42.7 Å². The van der Waals surface area contributed by atoms with Crippen LogP contribution in [0.5, 0.6) is 0 Å². The van der Waals surface area contributed by atoms with E-state index in [-0.39, 0.29) is 23.4 Å². The first kappa shape index (κ1) is 17.4. The summed E-state index contributed by atoms with van der Waals surface area (Å²) < 4.78 is 0. The van der Waals surface area contributed by atoms with Crippen LogP contribution in [-0.2, 0) is 4.79 Å². The fourth-order valence-corrected chi connectivity index (χ4v) is 3.46. The second-order valence-corrected chi connectivity index (χ2v) is 6.74. The standard InChI is InChI=1S/C19H19ClN2O3/c20-14-8-10-15(11-9-14)21-19(17-6-1-2-7-18(17)23)13-4-3-5-16(12-13)22(24)25/h3-5,8-12,17,19,21H,1-2,6-7H2/t17-,19-/m0/s1. The monoisotopic (exact) mass is 358 g/mol. The minimum absolute atomic E-state index is 0.0312. The second kappa shape index (κ2) is 7.66. The predicted molar refractivity (Wildman–Crippen MR) is 97.9 cm³/mol. The summed E-state index contributed by atoms with van der Waals surface area (Å²) in [7, 11) is 0. The Bertz CT molecular complexity index is 776. The van der Waals surface area contributed by atoms with Gasteiger partial charge in [-0.15, -0.1) is 0 Å². The molecule has 2 atom stereocenters. The van der Waals surface area contributed by atoms with Crippen molar-refractivity contribution in [3.63, 3.8) is 0 Å². The lowest BCUT2D eigenvalue weighted by Crippen LogP contribution is -2.30. The molecule has 6 heteroatoms. The van der Waals surface area contributed by atoms with Crippen molar-refractivity contribution in [2.24, 2.45) is 5.92 Å². The topological polar surface area (TPSA) is 72.2 Å². The molecule has 1 aliphatic carbocycles. The third-order valence-electron chi connectivity index (χ3n) is 4.61. The average molecular weight is 359 g/mol. The molecule has 0 heterocycles. The molecular formula is C19H19ClN2O3. The van der Waals surface area contributed by atoms with E-state index >= 15 is 0 Å². The largest absolute Gasteiger partial charge is 0.377 e. The molecule has 0 saturated heterocycles. The van der Waals surface area contributed by atoms with Crippen molar-refractivity contribution >= 4 is 28.8 Å². The average Bonchev–Trinajstić information content (AvgIpc) is 2.62. The molecule has 25 heavy (non-hydrogen) atoms. The van der Waals surface area contributed by atoms with E-state index in [1.54, 1.807) is 24.3 Å². The normalized spacial score (nSPS) is 18.6. The highest BCUT2D eigenvalue weighted by Gasteiger charge is 2.32. The molecule has 0 unspecified atom stereocenters. The number of nitro groups is 1. The molecule has 5 nitrogen and oxygen atoms in total. The molecule has 0 radical (unpaired) electrons. The first-order valence-electron chi connectivity index (χ1n) is 8.34. The van der Waals surface area contributed by atoms with Gasteiger partial charge >= 0.3 is 0 Å². The summed E-state index contributed by atoms with van der Waals surface area (Å²) in [6.45, 7) is 0. The zero-order chi connectivity index (χ0) is 17.8. The molecule has 0 spiro atoms. The van der Waals surface area contributed by atoms with Crippen molar-refractivity contribution in [2.75, 3.05) is 5.32 Å². The molecule has 2 aromatic rings. The number of anilines is 1. The number of nitro benzene ring substituents is 1. The zero-order valence-electron chi connectivity index (χ0n) is 13.7. The molecule has 130 valence electrons. The minimum Gasteiger partial charge on any atom is -0.377 e. The number of nitrogens with zero attached hydrogens (tertiary/aromatic N) is 1. The number of Topliss-reactive ketones (excluding diaryl/α,β-unsaturated/α-hetero) is 1. The number of carbonyl (C=O) groups excluding carboxylic acids is 1. The maximum absolute atomic E-state index is 12.5. The maximum Gasteiger partial charge on any atom is 0.269 e. The highest BCUT2D eigenvalue weighted by molar-refractivity contribution is 6.30. The zero-order valence-corrected chi connectivity index (χ0v) is 14.4. The van der Waals surface area contributed by atoms with E-state index in [1.165, 1.54) is 6.07 Å². The first-order valence-corrected chi connectivity index (χ1v) is 8.71. The highest BCUT2D eigenvalue weighted by atomic mass is 35.5. The molecular weight excluding hydrogens is 340 g/mol. The Kier molecular flexibility index (Phi) is 5.34. The Labute approximate surface area is 151 Å².